The molecule has 3 aromatic rings. The molecule has 8 nitrogen and oxygen atoms in total. The van der Waals surface area contributed by atoms with Gasteiger partial charge in [-0.2, -0.15) is 5.26 Å². The molecule has 0 saturated heterocycles. The second-order valence-electron chi connectivity index (χ2n) is 5.66. The summed E-state index contributed by atoms with van der Waals surface area (Å²) in [6.07, 6.45) is 2.50. The van der Waals surface area contributed by atoms with Gasteiger partial charge < -0.3 is 14.5 Å². The van der Waals surface area contributed by atoms with Gasteiger partial charge in [0.15, 0.2) is 5.57 Å². The molecule has 0 fully saturated rings. The zero-order valence-corrected chi connectivity index (χ0v) is 16.1. The summed E-state index contributed by atoms with van der Waals surface area (Å²) in [5.41, 5.74) is -0.333. The van der Waals surface area contributed by atoms with Crippen LogP contribution >= 0.6 is 11.3 Å². The molecule has 2 aromatic heterocycles. The number of aromatic nitrogens is 1. The Morgan fingerprint density at radius 2 is 2.03 bits per heavy atom. The topological polar surface area (TPSA) is 114 Å². The summed E-state index contributed by atoms with van der Waals surface area (Å²) in [6, 6.07) is 13.8. The van der Waals surface area contributed by atoms with Gasteiger partial charge in [0.1, 0.15) is 21.0 Å². The van der Waals surface area contributed by atoms with Crippen LogP contribution in [-0.4, -0.2) is 23.6 Å². The number of para-hydroxylation sites is 1. The second-order valence-corrected chi connectivity index (χ2v) is 6.69. The molecule has 0 unspecified atom stereocenters. The number of carbonyl (C=O) groups excluding carboxylic acids is 2. The lowest BCUT2D eigenvalue weighted by molar-refractivity contribution is -0.133. The molecule has 0 atom stereocenters. The molecule has 0 aliphatic heterocycles. The average molecular weight is 409 g/mol. The third-order valence-electron chi connectivity index (χ3n) is 3.84. The van der Waals surface area contributed by atoms with Crippen molar-refractivity contribution in [1.82, 2.24) is 9.88 Å². The zero-order chi connectivity index (χ0) is 20.8. The number of nitriles is 1. The molecular weight excluding hydrogens is 394 g/mol. The van der Waals surface area contributed by atoms with Crippen molar-refractivity contribution in [3.8, 4) is 11.8 Å². The van der Waals surface area contributed by atoms with Crippen molar-refractivity contribution >= 4 is 34.9 Å². The Balaban J connectivity index is 2.19. The van der Waals surface area contributed by atoms with E-state index in [9.17, 15) is 19.6 Å². The first-order valence-electron chi connectivity index (χ1n) is 8.37. The van der Waals surface area contributed by atoms with E-state index in [1.807, 2.05) is 6.07 Å². The summed E-state index contributed by atoms with van der Waals surface area (Å²) in [4.78, 5) is 37.1. The fourth-order valence-corrected chi connectivity index (χ4v) is 3.55. The summed E-state index contributed by atoms with van der Waals surface area (Å²) in [5.74, 6) is -0.864. The Bertz CT molecular complexity index is 1250. The lowest BCUT2D eigenvalue weighted by Crippen LogP contribution is -2.34. The van der Waals surface area contributed by atoms with E-state index in [0.29, 0.717) is 11.4 Å². The highest BCUT2D eigenvalue weighted by Gasteiger charge is 2.17. The first-order valence-corrected chi connectivity index (χ1v) is 9.18. The number of carbonyl (C=O) groups is 2. The van der Waals surface area contributed by atoms with Gasteiger partial charge in [-0.25, -0.2) is 4.79 Å². The lowest BCUT2D eigenvalue weighted by Gasteiger charge is -2.04. The highest BCUT2D eigenvalue weighted by Crippen LogP contribution is 2.04. The van der Waals surface area contributed by atoms with E-state index < -0.39 is 17.4 Å². The molecule has 3 rings (SSSR count). The first kappa shape index (κ1) is 19.9. The number of ether oxygens (including phenoxy) is 1. The van der Waals surface area contributed by atoms with Gasteiger partial charge in [0, 0.05) is 6.08 Å². The molecule has 9 heteroatoms. The van der Waals surface area contributed by atoms with Crippen LogP contribution in [0.4, 0.5) is 0 Å². The number of esters is 1. The van der Waals surface area contributed by atoms with Gasteiger partial charge in [0.25, 0.3) is 11.5 Å². The number of amides is 1. The maximum Gasteiger partial charge on any atom is 0.332 e. The molecule has 0 spiro atoms. The van der Waals surface area contributed by atoms with Crippen LogP contribution in [0.5, 0.6) is 0 Å². The number of rotatable bonds is 5. The fraction of sp³-hybridized carbons (Fsp3) is 0.100. The first-order chi connectivity index (χ1) is 14.0. The molecule has 0 saturated carbocycles. The maximum atomic E-state index is 12.9. The van der Waals surface area contributed by atoms with E-state index in [-0.39, 0.29) is 21.3 Å². The van der Waals surface area contributed by atoms with Crippen molar-refractivity contribution in [3.05, 3.63) is 74.0 Å². The number of nitrogens with zero attached hydrogens (tertiary/aromatic N) is 2. The maximum absolute atomic E-state index is 12.9. The molecule has 1 amide bonds. The normalized spacial score (nSPS) is 12.2. The molecule has 2 heterocycles. The van der Waals surface area contributed by atoms with E-state index in [1.54, 1.807) is 42.5 Å². The van der Waals surface area contributed by atoms with Crippen LogP contribution in [0.2, 0.25) is 0 Å². The van der Waals surface area contributed by atoms with Crippen molar-refractivity contribution in [2.75, 3.05) is 7.11 Å². The molecular formula is C20H15N3O5S. The SMILES string of the molecule is COC(=O)/C=c1/s/c(=C(/C#N)C(=O)NCc2ccco2)n(-c2ccccc2)c1=O. The van der Waals surface area contributed by atoms with Crippen molar-refractivity contribution in [1.29, 1.82) is 5.26 Å². The zero-order valence-electron chi connectivity index (χ0n) is 15.2. The van der Waals surface area contributed by atoms with Crippen LogP contribution < -0.4 is 20.1 Å². The van der Waals surface area contributed by atoms with Crippen LogP contribution in [0.25, 0.3) is 17.3 Å². The summed E-state index contributed by atoms with van der Waals surface area (Å²) in [5, 5.41) is 12.2. The standard InChI is InChI=1S/C20H15N3O5S/c1-27-17(24)10-16-19(26)23(13-6-3-2-4-7-13)20(29-16)15(11-21)18(25)22-12-14-8-5-9-28-14/h2-10H,12H2,1H3,(H,22,25)/b16-10+,20-15-. The van der Waals surface area contributed by atoms with Gasteiger partial charge >= 0.3 is 5.97 Å². The number of methoxy groups -OCH3 is 1. The van der Waals surface area contributed by atoms with Gasteiger partial charge in [-0.05, 0) is 24.3 Å². The molecule has 1 aromatic carbocycles. The molecule has 29 heavy (non-hydrogen) atoms. The Hall–Kier alpha value is -3.90. The highest BCUT2D eigenvalue weighted by molar-refractivity contribution is 7.07. The van der Waals surface area contributed by atoms with E-state index in [1.165, 1.54) is 17.9 Å². The predicted molar refractivity (Wildman–Crippen MR) is 105 cm³/mol. The third kappa shape index (κ3) is 4.34. The van der Waals surface area contributed by atoms with Gasteiger partial charge in [0.2, 0.25) is 0 Å². The van der Waals surface area contributed by atoms with Crippen molar-refractivity contribution < 1.29 is 18.7 Å². The summed E-state index contributed by atoms with van der Waals surface area (Å²) >= 11 is 0.859. The second kappa shape index (κ2) is 8.86. The molecule has 0 aliphatic rings. The summed E-state index contributed by atoms with van der Waals surface area (Å²) in [6.45, 7) is 0.0824. The largest absolute Gasteiger partial charge is 0.467 e. The fourth-order valence-electron chi connectivity index (χ4n) is 2.49. The van der Waals surface area contributed by atoms with E-state index >= 15 is 0 Å². The lowest BCUT2D eigenvalue weighted by atomic mass is 10.2. The highest BCUT2D eigenvalue weighted by atomic mass is 32.1. The van der Waals surface area contributed by atoms with Crippen LogP contribution in [0.3, 0.4) is 0 Å². The van der Waals surface area contributed by atoms with Gasteiger partial charge in [-0.15, -0.1) is 11.3 Å². The third-order valence-corrected chi connectivity index (χ3v) is 4.94. The molecule has 0 bridgehead atoms. The molecule has 0 aliphatic carbocycles. The number of benzene rings is 1. The van der Waals surface area contributed by atoms with Crippen molar-refractivity contribution in [2.45, 2.75) is 6.54 Å². The predicted octanol–water partition coefficient (Wildman–Crippen LogP) is 0.436. The Morgan fingerprint density at radius 1 is 1.28 bits per heavy atom. The minimum atomic E-state index is -0.712. The average Bonchev–Trinajstić information content (AvgIpc) is 3.36. The number of furan rings is 1. The minimum absolute atomic E-state index is 0.0438. The molecule has 146 valence electrons. The minimum Gasteiger partial charge on any atom is -0.467 e. The monoisotopic (exact) mass is 409 g/mol. The molecule has 0 radical (unpaired) electrons. The van der Waals surface area contributed by atoms with E-state index in [2.05, 4.69) is 10.1 Å². The number of thiazole rings is 1. The number of hydrogen-bond acceptors (Lipinski definition) is 7. The smallest absolute Gasteiger partial charge is 0.332 e. The summed E-state index contributed by atoms with van der Waals surface area (Å²) in [7, 11) is 1.19. The molecule has 1 N–H and O–H groups in total. The van der Waals surface area contributed by atoms with Crippen LogP contribution in [0.15, 0.2) is 57.9 Å². The Morgan fingerprint density at radius 3 is 2.66 bits per heavy atom. The quantitative estimate of drug-likeness (QED) is 0.612. The van der Waals surface area contributed by atoms with Crippen molar-refractivity contribution in [3.63, 3.8) is 0 Å². The summed E-state index contributed by atoms with van der Waals surface area (Å²) < 4.78 is 11.1. The van der Waals surface area contributed by atoms with Crippen LogP contribution in [-0.2, 0) is 20.9 Å². The van der Waals surface area contributed by atoms with Crippen LogP contribution in [0, 0.1) is 11.3 Å². The number of nitrogens with one attached hydrogen (secondary N) is 1. The Kier molecular flexibility index (Phi) is 6.06. The Labute approximate surface area is 168 Å². The van der Waals surface area contributed by atoms with Gasteiger partial charge in [-0.1, -0.05) is 18.2 Å². The van der Waals surface area contributed by atoms with Crippen LogP contribution in [0.1, 0.15) is 5.76 Å². The van der Waals surface area contributed by atoms with E-state index in [4.69, 9.17) is 4.42 Å². The van der Waals surface area contributed by atoms with Gasteiger partial charge in [0.05, 0.1) is 25.6 Å². The van der Waals surface area contributed by atoms with E-state index in [0.717, 1.165) is 17.4 Å². The number of hydrogen-bond donors (Lipinski definition) is 1. The van der Waals surface area contributed by atoms with Crippen molar-refractivity contribution in [2.24, 2.45) is 0 Å². The van der Waals surface area contributed by atoms with Gasteiger partial charge in [-0.3, -0.25) is 14.2 Å².